The summed E-state index contributed by atoms with van der Waals surface area (Å²) in [5.74, 6) is -1.04. The Labute approximate surface area is 120 Å². The first kappa shape index (κ1) is 13.8. The number of allylic oxidation sites excluding steroid dienone is 1. The normalized spacial score (nSPS) is 10.9. The van der Waals surface area contributed by atoms with Crippen molar-refractivity contribution in [2.75, 3.05) is 0 Å². The summed E-state index contributed by atoms with van der Waals surface area (Å²) >= 11 is 11.4. The Kier molecular flexibility index (Phi) is 4.35. The lowest BCUT2D eigenvalue weighted by Gasteiger charge is -2.02. The summed E-state index contributed by atoms with van der Waals surface area (Å²) in [5, 5.41) is 0.0303. The van der Waals surface area contributed by atoms with Crippen LogP contribution in [0, 0.1) is 5.82 Å². The second kappa shape index (κ2) is 6.00. The van der Waals surface area contributed by atoms with E-state index in [1.807, 2.05) is 30.3 Å². The Morgan fingerprint density at radius 2 is 1.74 bits per heavy atom. The lowest BCUT2D eigenvalue weighted by atomic mass is 10.1. The Morgan fingerprint density at radius 1 is 1.05 bits per heavy atom. The van der Waals surface area contributed by atoms with Crippen molar-refractivity contribution in [3.05, 3.63) is 75.5 Å². The Bertz CT molecular complexity index is 636. The molecule has 0 N–H and O–H groups in total. The molecule has 0 amide bonds. The van der Waals surface area contributed by atoms with Crippen LogP contribution in [0.5, 0.6) is 0 Å². The van der Waals surface area contributed by atoms with Crippen molar-refractivity contribution < 1.29 is 9.18 Å². The second-order valence-corrected chi connectivity index (χ2v) is 4.67. The molecule has 4 heteroatoms. The standard InChI is InChI=1S/C15H9Cl2FO/c16-12-9-13(17)14(18)8-11(12)15(19)7-6-10-4-2-1-3-5-10/h1-9H/b7-6+. The van der Waals surface area contributed by atoms with E-state index in [1.165, 1.54) is 12.1 Å². The number of rotatable bonds is 3. The first-order chi connectivity index (χ1) is 9.08. The number of hydrogen-bond acceptors (Lipinski definition) is 1. The van der Waals surface area contributed by atoms with Crippen molar-refractivity contribution in [2.45, 2.75) is 0 Å². The van der Waals surface area contributed by atoms with E-state index in [0.29, 0.717) is 0 Å². The minimum absolute atomic E-state index is 0.0933. The van der Waals surface area contributed by atoms with Crippen LogP contribution in [0.15, 0.2) is 48.5 Å². The molecule has 2 rings (SSSR count). The molecule has 1 nitrogen and oxygen atoms in total. The molecule has 0 heterocycles. The summed E-state index contributed by atoms with van der Waals surface area (Å²) < 4.78 is 13.3. The van der Waals surface area contributed by atoms with Gasteiger partial charge in [-0.2, -0.15) is 0 Å². The quantitative estimate of drug-likeness (QED) is 0.441. The largest absolute Gasteiger partial charge is 0.289 e. The maximum absolute atomic E-state index is 13.3. The number of carbonyl (C=O) groups is 1. The zero-order valence-corrected chi connectivity index (χ0v) is 11.3. The Morgan fingerprint density at radius 3 is 2.42 bits per heavy atom. The maximum atomic E-state index is 13.3. The molecule has 0 spiro atoms. The van der Waals surface area contributed by atoms with Crippen molar-refractivity contribution >= 4 is 35.1 Å². The summed E-state index contributed by atoms with van der Waals surface area (Å²) in [7, 11) is 0. The van der Waals surface area contributed by atoms with Crippen molar-refractivity contribution in [1.29, 1.82) is 0 Å². The fourth-order valence-corrected chi connectivity index (χ4v) is 2.01. The van der Waals surface area contributed by atoms with Gasteiger partial charge in [0.15, 0.2) is 5.78 Å². The minimum Gasteiger partial charge on any atom is -0.289 e. The number of carbonyl (C=O) groups excluding carboxylic acids is 1. The topological polar surface area (TPSA) is 17.1 Å². The van der Waals surface area contributed by atoms with Crippen LogP contribution in [-0.4, -0.2) is 5.78 Å². The first-order valence-electron chi connectivity index (χ1n) is 5.50. The zero-order chi connectivity index (χ0) is 13.8. The predicted molar refractivity (Wildman–Crippen MR) is 76.2 cm³/mol. The van der Waals surface area contributed by atoms with Gasteiger partial charge in [0.2, 0.25) is 0 Å². The molecule has 0 bridgehead atoms. The van der Waals surface area contributed by atoms with E-state index in [4.69, 9.17) is 23.2 Å². The third kappa shape index (κ3) is 3.43. The summed E-state index contributed by atoms with van der Waals surface area (Å²) in [5.41, 5.74) is 0.970. The van der Waals surface area contributed by atoms with Gasteiger partial charge in [-0.1, -0.05) is 59.6 Å². The molecule has 0 aliphatic heterocycles. The molecule has 0 atom stereocenters. The van der Waals surface area contributed by atoms with Crippen molar-refractivity contribution in [2.24, 2.45) is 0 Å². The molecule has 0 aromatic heterocycles. The van der Waals surface area contributed by atoms with Crippen molar-refractivity contribution in [3.8, 4) is 0 Å². The molecular weight excluding hydrogens is 286 g/mol. The van der Waals surface area contributed by atoms with E-state index in [9.17, 15) is 9.18 Å². The van der Waals surface area contributed by atoms with Gasteiger partial charge >= 0.3 is 0 Å². The monoisotopic (exact) mass is 294 g/mol. The van der Waals surface area contributed by atoms with Crippen LogP contribution in [0.1, 0.15) is 15.9 Å². The molecule has 0 unspecified atom stereocenters. The minimum atomic E-state index is -0.664. The van der Waals surface area contributed by atoms with Crippen LogP contribution in [0.3, 0.4) is 0 Å². The number of halogens is 3. The molecule has 2 aromatic rings. The molecule has 2 aromatic carbocycles. The Hall–Kier alpha value is -1.64. The van der Waals surface area contributed by atoms with E-state index in [2.05, 4.69) is 0 Å². The van der Waals surface area contributed by atoms with Crippen LogP contribution < -0.4 is 0 Å². The highest BCUT2D eigenvalue weighted by molar-refractivity contribution is 6.37. The molecule has 0 aliphatic rings. The molecule has 0 saturated carbocycles. The van der Waals surface area contributed by atoms with Crippen LogP contribution in [0.4, 0.5) is 4.39 Å². The highest BCUT2D eigenvalue weighted by atomic mass is 35.5. The van der Waals surface area contributed by atoms with E-state index >= 15 is 0 Å². The summed E-state index contributed by atoms with van der Waals surface area (Å²) in [6.07, 6.45) is 3.00. The first-order valence-corrected chi connectivity index (χ1v) is 6.25. The Balaban J connectivity index is 2.26. The molecular formula is C15H9Cl2FO. The van der Waals surface area contributed by atoms with Gasteiger partial charge in [-0.25, -0.2) is 4.39 Å². The van der Waals surface area contributed by atoms with Crippen LogP contribution in [-0.2, 0) is 0 Å². The van der Waals surface area contributed by atoms with Gasteiger partial charge in [0.1, 0.15) is 5.82 Å². The number of ketones is 1. The van der Waals surface area contributed by atoms with E-state index in [-0.39, 0.29) is 21.4 Å². The smallest absolute Gasteiger partial charge is 0.187 e. The fourth-order valence-electron chi connectivity index (χ4n) is 1.54. The second-order valence-electron chi connectivity index (χ2n) is 3.85. The van der Waals surface area contributed by atoms with Gasteiger partial charge in [0.25, 0.3) is 0 Å². The van der Waals surface area contributed by atoms with Gasteiger partial charge in [-0.05, 0) is 23.8 Å². The molecule has 96 valence electrons. The predicted octanol–water partition coefficient (Wildman–Crippen LogP) is 5.03. The molecule has 0 saturated heterocycles. The average Bonchev–Trinajstić information content (AvgIpc) is 2.41. The lowest BCUT2D eigenvalue weighted by Crippen LogP contribution is -1.97. The third-order valence-corrected chi connectivity index (χ3v) is 3.10. The third-order valence-electron chi connectivity index (χ3n) is 2.50. The fraction of sp³-hybridized carbons (Fsp3) is 0. The highest BCUT2D eigenvalue weighted by Gasteiger charge is 2.11. The van der Waals surface area contributed by atoms with Gasteiger partial charge in [0, 0.05) is 5.56 Å². The van der Waals surface area contributed by atoms with E-state index in [1.54, 1.807) is 6.08 Å². The summed E-state index contributed by atoms with van der Waals surface area (Å²) in [6.45, 7) is 0. The van der Waals surface area contributed by atoms with Gasteiger partial charge in [0.05, 0.1) is 10.0 Å². The number of hydrogen-bond donors (Lipinski definition) is 0. The van der Waals surface area contributed by atoms with Crippen molar-refractivity contribution in [1.82, 2.24) is 0 Å². The molecule has 0 radical (unpaired) electrons. The molecule has 0 aliphatic carbocycles. The maximum Gasteiger partial charge on any atom is 0.187 e. The SMILES string of the molecule is O=C(/C=C/c1ccccc1)c1cc(F)c(Cl)cc1Cl. The zero-order valence-electron chi connectivity index (χ0n) is 9.74. The summed E-state index contributed by atoms with van der Waals surface area (Å²) in [4.78, 5) is 11.9. The van der Waals surface area contributed by atoms with E-state index < -0.39 is 5.82 Å². The van der Waals surface area contributed by atoms with Crippen LogP contribution in [0.2, 0.25) is 10.0 Å². The number of benzene rings is 2. The average molecular weight is 295 g/mol. The van der Waals surface area contributed by atoms with Gasteiger partial charge in [-0.15, -0.1) is 0 Å². The van der Waals surface area contributed by atoms with Crippen LogP contribution >= 0.6 is 23.2 Å². The highest BCUT2D eigenvalue weighted by Crippen LogP contribution is 2.25. The lowest BCUT2D eigenvalue weighted by molar-refractivity contribution is 0.104. The van der Waals surface area contributed by atoms with Gasteiger partial charge in [-0.3, -0.25) is 4.79 Å². The van der Waals surface area contributed by atoms with Gasteiger partial charge < -0.3 is 0 Å². The molecule has 0 fully saturated rings. The van der Waals surface area contributed by atoms with Crippen LogP contribution in [0.25, 0.3) is 6.08 Å². The van der Waals surface area contributed by atoms with E-state index in [0.717, 1.165) is 11.6 Å². The van der Waals surface area contributed by atoms with Crippen molar-refractivity contribution in [3.63, 3.8) is 0 Å². The molecule has 19 heavy (non-hydrogen) atoms. The summed E-state index contributed by atoms with van der Waals surface area (Å²) in [6, 6.07) is 11.6.